The first-order chi connectivity index (χ1) is 8.79. The number of hydrogen-bond donors (Lipinski definition) is 0. The van der Waals surface area contributed by atoms with Crippen molar-refractivity contribution in [3.63, 3.8) is 0 Å². The zero-order chi connectivity index (χ0) is 13.6. The second-order valence-electron chi connectivity index (χ2n) is 4.67. The lowest BCUT2D eigenvalue weighted by Crippen LogP contribution is -2.12. The van der Waals surface area contributed by atoms with Crippen LogP contribution >= 0.6 is 0 Å². The third-order valence-corrected chi connectivity index (χ3v) is 3.12. The topological polar surface area (TPSA) is 12.4 Å². The molecular formula is C17H29N. The maximum absolute atomic E-state index is 4.50. The predicted octanol–water partition coefficient (Wildman–Crippen LogP) is 5.70. The summed E-state index contributed by atoms with van der Waals surface area (Å²) in [5, 5.41) is 0. The SMILES string of the molecule is C=C/C=C\N=C(/C=C)C(CCC)CCCCCC. The lowest BCUT2D eigenvalue weighted by molar-refractivity contribution is 0.520. The lowest BCUT2D eigenvalue weighted by atomic mass is 9.91. The van der Waals surface area contributed by atoms with Gasteiger partial charge in [0.2, 0.25) is 0 Å². The highest BCUT2D eigenvalue weighted by Crippen LogP contribution is 2.19. The summed E-state index contributed by atoms with van der Waals surface area (Å²) in [5.74, 6) is 0.568. The van der Waals surface area contributed by atoms with Gasteiger partial charge in [0.25, 0.3) is 0 Å². The molecule has 0 rings (SSSR count). The average Bonchev–Trinajstić information content (AvgIpc) is 2.39. The predicted molar refractivity (Wildman–Crippen MR) is 84.1 cm³/mol. The zero-order valence-corrected chi connectivity index (χ0v) is 12.2. The molecule has 1 nitrogen and oxygen atoms in total. The van der Waals surface area contributed by atoms with Crippen molar-refractivity contribution in [2.45, 2.75) is 58.8 Å². The maximum atomic E-state index is 4.50. The quantitative estimate of drug-likeness (QED) is 0.252. The Morgan fingerprint density at radius 2 is 1.83 bits per heavy atom. The molecule has 0 bridgehead atoms. The van der Waals surface area contributed by atoms with Gasteiger partial charge in [-0.1, -0.05) is 65.2 Å². The van der Waals surface area contributed by atoms with Gasteiger partial charge in [0, 0.05) is 17.8 Å². The third-order valence-electron chi connectivity index (χ3n) is 3.12. The molecule has 0 spiro atoms. The Kier molecular flexibility index (Phi) is 11.6. The summed E-state index contributed by atoms with van der Waals surface area (Å²) in [7, 11) is 0. The first-order valence-corrected chi connectivity index (χ1v) is 7.27. The Bertz CT molecular complexity index is 273. The van der Waals surface area contributed by atoms with Crippen LogP contribution in [0, 0.1) is 5.92 Å². The fourth-order valence-electron chi connectivity index (χ4n) is 2.12. The van der Waals surface area contributed by atoms with Gasteiger partial charge < -0.3 is 0 Å². The Hall–Kier alpha value is -1.11. The molecule has 0 aromatic heterocycles. The molecule has 0 aliphatic rings. The van der Waals surface area contributed by atoms with E-state index < -0.39 is 0 Å². The fraction of sp³-hybridized carbons (Fsp3) is 0.588. The Labute approximate surface area is 113 Å². The molecule has 1 atom stereocenters. The molecule has 18 heavy (non-hydrogen) atoms. The van der Waals surface area contributed by atoms with Crippen LogP contribution in [0.2, 0.25) is 0 Å². The van der Waals surface area contributed by atoms with Crippen LogP contribution in [-0.4, -0.2) is 5.71 Å². The van der Waals surface area contributed by atoms with Crippen LogP contribution in [0.1, 0.15) is 58.8 Å². The normalized spacial score (nSPS) is 13.8. The first-order valence-electron chi connectivity index (χ1n) is 7.27. The van der Waals surface area contributed by atoms with Crippen LogP contribution in [0.3, 0.4) is 0 Å². The van der Waals surface area contributed by atoms with E-state index in [0.29, 0.717) is 5.92 Å². The first kappa shape index (κ1) is 16.9. The van der Waals surface area contributed by atoms with E-state index >= 15 is 0 Å². The van der Waals surface area contributed by atoms with Crippen LogP contribution in [0.5, 0.6) is 0 Å². The zero-order valence-electron chi connectivity index (χ0n) is 12.2. The van der Waals surface area contributed by atoms with Crippen molar-refractivity contribution >= 4 is 5.71 Å². The molecule has 0 heterocycles. The molecule has 1 unspecified atom stereocenters. The second kappa shape index (κ2) is 12.3. The van der Waals surface area contributed by atoms with Gasteiger partial charge in [-0.05, 0) is 25.0 Å². The summed E-state index contributed by atoms with van der Waals surface area (Å²) >= 11 is 0. The van der Waals surface area contributed by atoms with Crippen molar-refractivity contribution in [2.75, 3.05) is 0 Å². The highest BCUT2D eigenvalue weighted by molar-refractivity contribution is 5.96. The molecule has 0 N–H and O–H groups in total. The molecule has 0 aliphatic carbocycles. The molecule has 0 fully saturated rings. The molecule has 0 saturated heterocycles. The second-order valence-corrected chi connectivity index (χ2v) is 4.67. The van der Waals surface area contributed by atoms with Crippen molar-refractivity contribution in [1.82, 2.24) is 0 Å². The van der Waals surface area contributed by atoms with Gasteiger partial charge in [0.05, 0.1) is 0 Å². The highest BCUT2D eigenvalue weighted by atomic mass is 14.7. The van der Waals surface area contributed by atoms with E-state index in [2.05, 4.69) is 32.0 Å². The van der Waals surface area contributed by atoms with E-state index in [4.69, 9.17) is 0 Å². The van der Waals surface area contributed by atoms with E-state index in [0.717, 1.165) is 5.71 Å². The minimum atomic E-state index is 0.568. The van der Waals surface area contributed by atoms with Crippen molar-refractivity contribution in [3.05, 3.63) is 37.6 Å². The molecule has 0 aliphatic heterocycles. The van der Waals surface area contributed by atoms with Crippen LogP contribution < -0.4 is 0 Å². The van der Waals surface area contributed by atoms with Gasteiger partial charge in [0.1, 0.15) is 0 Å². The van der Waals surface area contributed by atoms with E-state index in [1.807, 2.05) is 18.4 Å². The smallest absolute Gasteiger partial charge is 0.0428 e. The van der Waals surface area contributed by atoms with Crippen molar-refractivity contribution < 1.29 is 0 Å². The number of nitrogens with zero attached hydrogens (tertiary/aromatic N) is 1. The molecular weight excluding hydrogens is 218 g/mol. The highest BCUT2D eigenvalue weighted by Gasteiger charge is 2.11. The summed E-state index contributed by atoms with van der Waals surface area (Å²) < 4.78 is 0. The van der Waals surface area contributed by atoms with Gasteiger partial charge in [-0.2, -0.15) is 0 Å². The number of hydrogen-bond acceptors (Lipinski definition) is 1. The van der Waals surface area contributed by atoms with Crippen molar-refractivity contribution in [2.24, 2.45) is 10.9 Å². The molecule has 0 aromatic carbocycles. The van der Waals surface area contributed by atoms with Crippen molar-refractivity contribution in [3.8, 4) is 0 Å². The molecule has 102 valence electrons. The van der Waals surface area contributed by atoms with Gasteiger partial charge in [-0.25, -0.2) is 0 Å². The third kappa shape index (κ3) is 8.05. The number of unbranched alkanes of at least 4 members (excludes halogenated alkanes) is 3. The van der Waals surface area contributed by atoms with Crippen LogP contribution in [0.25, 0.3) is 0 Å². The Morgan fingerprint density at radius 1 is 1.06 bits per heavy atom. The minimum Gasteiger partial charge on any atom is -0.261 e. The van der Waals surface area contributed by atoms with Crippen LogP contribution in [-0.2, 0) is 0 Å². The van der Waals surface area contributed by atoms with Gasteiger partial charge in [-0.15, -0.1) is 0 Å². The molecule has 0 aromatic rings. The maximum Gasteiger partial charge on any atom is 0.0428 e. The fourth-order valence-corrected chi connectivity index (χ4v) is 2.12. The Balaban J connectivity index is 4.41. The van der Waals surface area contributed by atoms with Gasteiger partial charge in [-0.3, -0.25) is 4.99 Å². The lowest BCUT2D eigenvalue weighted by Gasteiger charge is -2.15. The van der Waals surface area contributed by atoms with E-state index in [9.17, 15) is 0 Å². The number of rotatable bonds is 11. The number of aliphatic imine (C=N–C) groups is 1. The van der Waals surface area contributed by atoms with E-state index in [1.54, 1.807) is 6.08 Å². The van der Waals surface area contributed by atoms with Gasteiger partial charge in [0.15, 0.2) is 0 Å². The summed E-state index contributed by atoms with van der Waals surface area (Å²) in [4.78, 5) is 4.50. The minimum absolute atomic E-state index is 0.568. The summed E-state index contributed by atoms with van der Waals surface area (Å²) in [6, 6.07) is 0. The van der Waals surface area contributed by atoms with Crippen molar-refractivity contribution in [1.29, 1.82) is 0 Å². The average molecular weight is 247 g/mol. The van der Waals surface area contributed by atoms with Crippen LogP contribution in [0.15, 0.2) is 42.6 Å². The largest absolute Gasteiger partial charge is 0.261 e. The molecule has 1 heteroatoms. The van der Waals surface area contributed by atoms with E-state index in [-0.39, 0.29) is 0 Å². The van der Waals surface area contributed by atoms with E-state index in [1.165, 1.54) is 44.9 Å². The summed E-state index contributed by atoms with van der Waals surface area (Å²) in [6.07, 6.45) is 16.3. The monoisotopic (exact) mass is 247 g/mol. The molecule has 0 amide bonds. The Morgan fingerprint density at radius 3 is 2.39 bits per heavy atom. The van der Waals surface area contributed by atoms with Crippen LogP contribution in [0.4, 0.5) is 0 Å². The molecule has 0 saturated carbocycles. The molecule has 0 radical (unpaired) electrons. The van der Waals surface area contributed by atoms with Gasteiger partial charge >= 0.3 is 0 Å². The number of allylic oxidation sites excluding steroid dienone is 3. The summed E-state index contributed by atoms with van der Waals surface area (Å²) in [6.45, 7) is 12.0. The summed E-state index contributed by atoms with van der Waals surface area (Å²) in [5.41, 5.74) is 1.13. The standard InChI is InChI=1S/C17H29N/c1-5-9-11-12-14-16(13-7-3)17(8-4)18-15-10-6-2/h6,8,10,15-16H,2,4-5,7,9,11-14H2,1,3H3/b15-10-,18-17+.